The van der Waals surface area contributed by atoms with E-state index in [1.54, 1.807) is 0 Å². The lowest BCUT2D eigenvalue weighted by atomic mass is 9.65. The molecule has 2 heteroatoms. The number of benzene rings is 2. The van der Waals surface area contributed by atoms with Crippen LogP contribution in [0, 0.1) is 5.41 Å². The van der Waals surface area contributed by atoms with Gasteiger partial charge in [0.15, 0.2) is 0 Å². The third kappa shape index (κ3) is 2.50. The van der Waals surface area contributed by atoms with Gasteiger partial charge in [-0.25, -0.2) is 0 Å². The van der Waals surface area contributed by atoms with E-state index < -0.39 is 13.9 Å². The van der Waals surface area contributed by atoms with Crippen molar-refractivity contribution in [3.63, 3.8) is 0 Å². The van der Waals surface area contributed by atoms with Crippen molar-refractivity contribution in [3.8, 4) is 0 Å². The average molecular weight is 335 g/mol. The molecule has 0 N–H and O–H groups in total. The Balaban J connectivity index is 2.30. The van der Waals surface area contributed by atoms with Crippen LogP contribution in [0.15, 0.2) is 85.2 Å². The normalized spacial score (nSPS) is 20.9. The zero-order chi connectivity index (χ0) is 17.3. The van der Waals surface area contributed by atoms with Gasteiger partial charge in [0.25, 0.3) is 0 Å². The first-order chi connectivity index (χ1) is 11.5. The summed E-state index contributed by atoms with van der Waals surface area (Å²) in [5.41, 5.74) is 5.98. The van der Waals surface area contributed by atoms with Crippen LogP contribution in [0.2, 0.25) is 6.04 Å². The Labute approximate surface area is 146 Å². The van der Waals surface area contributed by atoms with Crippen LogP contribution < -0.4 is 0 Å². The highest BCUT2D eigenvalue weighted by Crippen LogP contribution is 2.56. The van der Waals surface area contributed by atoms with Crippen LogP contribution >= 0.6 is 0 Å². The van der Waals surface area contributed by atoms with Crippen molar-refractivity contribution in [2.24, 2.45) is 5.41 Å². The molecule has 2 aromatic rings. The first kappa shape index (κ1) is 16.9. The van der Waals surface area contributed by atoms with Crippen LogP contribution in [0.3, 0.4) is 0 Å². The van der Waals surface area contributed by atoms with Crippen molar-refractivity contribution in [2.75, 3.05) is 0 Å². The molecule has 1 heterocycles. The molecule has 1 nitrogen and oxygen atoms in total. The lowest BCUT2D eigenvalue weighted by molar-refractivity contribution is -0.0385. The van der Waals surface area contributed by atoms with Gasteiger partial charge in [-0.05, 0) is 23.6 Å². The Morgan fingerprint density at radius 3 is 1.75 bits per heavy atom. The molecule has 0 aromatic heterocycles. The first-order valence-electron chi connectivity index (χ1n) is 8.58. The topological polar surface area (TPSA) is 9.23 Å². The largest absolute Gasteiger partial charge is 0.395 e. The fraction of sp³-hybridized carbons (Fsp3) is 0.273. The zero-order valence-electron chi connectivity index (χ0n) is 14.7. The fourth-order valence-corrected chi connectivity index (χ4v) is 6.88. The van der Waals surface area contributed by atoms with Gasteiger partial charge in [0.1, 0.15) is 5.60 Å². The second-order valence-corrected chi connectivity index (χ2v) is 10.7. The fourth-order valence-electron chi connectivity index (χ4n) is 3.94. The predicted octanol–water partition coefficient (Wildman–Crippen LogP) is 5.77. The molecule has 1 saturated heterocycles. The van der Waals surface area contributed by atoms with E-state index in [0.29, 0.717) is 0 Å². The van der Waals surface area contributed by atoms with E-state index in [0.717, 1.165) is 12.5 Å². The summed E-state index contributed by atoms with van der Waals surface area (Å²) in [6, 6.07) is 22.3. The van der Waals surface area contributed by atoms with Gasteiger partial charge in [-0.3, -0.25) is 0 Å². The van der Waals surface area contributed by atoms with E-state index in [1.165, 1.54) is 11.1 Å². The summed E-state index contributed by atoms with van der Waals surface area (Å²) in [6.07, 6.45) is 1.08. The Hall–Kier alpha value is -1.90. The summed E-state index contributed by atoms with van der Waals surface area (Å²) in [7, 11) is -2.19. The molecule has 124 valence electrons. The van der Waals surface area contributed by atoms with E-state index in [2.05, 4.69) is 87.7 Å². The van der Waals surface area contributed by atoms with Crippen LogP contribution in [-0.4, -0.2) is 8.32 Å². The SMILES string of the molecule is C=C[Si]1(C=C)CCC(C)(C)C(c2ccccc2)(c2ccccc2)O1. The van der Waals surface area contributed by atoms with E-state index in [4.69, 9.17) is 4.43 Å². The molecule has 0 radical (unpaired) electrons. The van der Waals surface area contributed by atoms with Crippen molar-refractivity contribution in [2.45, 2.75) is 31.9 Å². The number of hydrogen-bond acceptors (Lipinski definition) is 1. The highest BCUT2D eigenvalue weighted by Gasteiger charge is 2.56. The highest BCUT2D eigenvalue weighted by atomic mass is 28.4. The van der Waals surface area contributed by atoms with Crippen LogP contribution in [0.5, 0.6) is 0 Å². The standard InChI is InChI=1S/C22H26OSi/c1-5-24(6-2)18-17-21(3,4)22(23-24,19-13-9-7-10-14-19)20-15-11-8-12-16-20/h5-16H,1-2,17-18H2,3-4H3. The van der Waals surface area contributed by atoms with Gasteiger partial charge >= 0.3 is 0 Å². The molecule has 0 amide bonds. The van der Waals surface area contributed by atoms with Crippen molar-refractivity contribution >= 4 is 8.32 Å². The van der Waals surface area contributed by atoms with Gasteiger partial charge in [-0.15, -0.1) is 13.2 Å². The number of hydrogen-bond donors (Lipinski definition) is 0. The van der Waals surface area contributed by atoms with Crippen LogP contribution in [0.25, 0.3) is 0 Å². The minimum absolute atomic E-state index is 0.0295. The average Bonchev–Trinajstić information content (AvgIpc) is 2.64. The summed E-state index contributed by atoms with van der Waals surface area (Å²) < 4.78 is 7.05. The minimum atomic E-state index is -2.19. The van der Waals surface area contributed by atoms with Gasteiger partial charge < -0.3 is 4.43 Å². The molecule has 1 aliphatic rings. The zero-order valence-corrected chi connectivity index (χ0v) is 15.7. The molecule has 0 bridgehead atoms. The summed E-state index contributed by atoms with van der Waals surface area (Å²) in [6.45, 7) is 12.8. The lowest BCUT2D eigenvalue weighted by Crippen LogP contribution is -2.57. The maximum absolute atomic E-state index is 7.05. The smallest absolute Gasteiger partial charge is 0.242 e. The van der Waals surface area contributed by atoms with Crippen molar-refractivity contribution in [3.05, 3.63) is 96.3 Å². The molecular formula is C22H26OSi. The predicted molar refractivity (Wildman–Crippen MR) is 104 cm³/mol. The molecule has 0 aliphatic carbocycles. The maximum atomic E-state index is 7.05. The Bertz CT molecular complexity index is 671. The van der Waals surface area contributed by atoms with Gasteiger partial charge in [-0.1, -0.05) is 85.9 Å². The quantitative estimate of drug-likeness (QED) is 0.645. The molecule has 0 atom stereocenters. The van der Waals surface area contributed by atoms with Crippen molar-refractivity contribution in [1.82, 2.24) is 0 Å². The molecule has 3 rings (SSSR count). The van der Waals surface area contributed by atoms with Gasteiger partial charge in [0.2, 0.25) is 8.32 Å². The minimum Gasteiger partial charge on any atom is -0.395 e. The molecule has 0 spiro atoms. The van der Waals surface area contributed by atoms with Crippen LogP contribution in [-0.2, 0) is 10.0 Å². The summed E-state index contributed by atoms with van der Waals surface area (Å²) in [5, 5.41) is 0. The van der Waals surface area contributed by atoms with Gasteiger partial charge in [-0.2, -0.15) is 0 Å². The Morgan fingerprint density at radius 2 is 1.33 bits per heavy atom. The van der Waals surface area contributed by atoms with Crippen molar-refractivity contribution in [1.29, 1.82) is 0 Å². The van der Waals surface area contributed by atoms with E-state index in [9.17, 15) is 0 Å². The van der Waals surface area contributed by atoms with Crippen molar-refractivity contribution < 1.29 is 4.43 Å². The molecule has 0 unspecified atom stereocenters. The monoisotopic (exact) mass is 334 g/mol. The van der Waals surface area contributed by atoms with Crippen LogP contribution in [0.4, 0.5) is 0 Å². The third-order valence-electron chi connectivity index (χ3n) is 5.49. The second kappa shape index (κ2) is 6.19. The molecule has 0 saturated carbocycles. The number of rotatable bonds is 4. The Morgan fingerprint density at radius 1 is 0.875 bits per heavy atom. The molecule has 24 heavy (non-hydrogen) atoms. The lowest BCUT2D eigenvalue weighted by Gasteiger charge is -2.55. The molecule has 2 aromatic carbocycles. The summed E-state index contributed by atoms with van der Waals surface area (Å²) in [5.74, 6) is 0. The molecular weight excluding hydrogens is 308 g/mol. The van der Waals surface area contributed by atoms with E-state index in [-0.39, 0.29) is 5.41 Å². The van der Waals surface area contributed by atoms with E-state index in [1.807, 2.05) is 11.4 Å². The van der Waals surface area contributed by atoms with E-state index >= 15 is 0 Å². The second-order valence-electron chi connectivity index (χ2n) is 7.26. The molecule has 1 aliphatic heterocycles. The van der Waals surface area contributed by atoms with Gasteiger partial charge in [0, 0.05) is 5.41 Å². The molecule has 1 fully saturated rings. The van der Waals surface area contributed by atoms with Crippen LogP contribution in [0.1, 0.15) is 31.4 Å². The maximum Gasteiger partial charge on any atom is 0.242 e. The highest BCUT2D eigenvalue weighted by molar-refractivity contribution is 6.83. The van der Waals surface area contributed by atoms with Gasteiger partial charge in [0.05, 0.1) is 0 Å². The third-order valence-corrected chi connectivity index (χ3v) is 8.59. The summed E-state index contributed by atoms with van der Waals surface area (Å²) in [4.78, 5) is 0. The first-order valence-corrected chi connectivity index (χ1v) is 10.9. The Kier molecular flexibility index (Phi) is 4.37. The summed E-state index contributed by atoms with van der Waals surface area (Å²) >= 11 is 0.